The summed E-state index contributed by atoms with van der Waals surface area (Å²) < 4.78 is 13.1. The smallest absolute Gasteiger partial charge is 0.242 e. The van der Waals surface area contributed by atoms with Crippen LogP contribution in [0, 0.1) is 5.82 Å². The molecule has 1 rings (SSSR count). The van der Waals surface area contributed by atoms with Gasteiger partial charge in [-0.15, -0.1) is 0 Å². The molecule has 1 aromatic carbocycles. The predicted octanol–water partition coefficient (Wildman–Crippen LogP) is 1.62. The van der Waals surface area contributed by atoms with Gasteiger partial charge in [-0.2, -0.15) is 0 Å². The molecule has 0 spiro atoms. The van der Waals surface area contributed by atoms with Crippen molar-refractivity contribution in [3.05, 3.63) is 29.6 Å². The molecule has 0 aliphatic heterocycles. The first kappa shape index (κ1) is 15.4. The molecule has 4 nitrogen and oxygen atoms in total. The summed E-state index contributed by atoms with van der Waals surface area (Å²) in [7, 11) is 1.76. The largest absolute Gasteiger partial charge is 0.392 e. The first-order valence-electron chi connectivity index (χ1n) is 6.41. The molecule has 0 aromatic heterocycles. The van der Waals surface area contributed by atoms with E-state index in [0.29, 0.717) is 24.3 Å². The van der Waals surface area contributed by atoms with Gasteiger partial charge in [0.1, 0.15) is 5.82 Å². The molecule has 5 heteroatoms. The first-order chi connectivity index (χ1) is 9.03. The fraction of sp³-hybridized carbons (Fsp3) is 0.500. The van der Waals surface area contributed by atoms with Crippen molar-refractivity contribution in [2.24, 2.45) is 0 Å². The monoisotopic (exact) mass is 268 g/mol. The zero-order valence-corrected chi connectivity index (χ0v) is 11.7. The minimum absolute atomic E-state index is 0.0146. The Morgan fingerprint density at radius 2 is 1.95 bits per heavy atom. The van der Waals surface area contributed by atoms with E-state index in [0.717, 1.165) is 0 Å². The standard InChI is InChI=1S/C14H21FN2O2/c1-4-17(5-2)14(19)9-16(3)13-7-6-12(15)8-11(13)10-18/h6-8,18H,4-5,9-10H2,1-3H3. The molecular weight excluding hydrogens is 247 g/mol. The molecule has 0 unspecified atom stereocenters. The van der Waals surface area contributed by atoms with Gasteiger partial charge in [0, 0.05) is 31.4 Å². The molecule has 106 valence electrons. The fourth-order valence-electron chi connectivity index (χ4n) is 2.02. The molecule has 0 heterocycles. The van der Waals surface area contributed by atoms with Crippen molar-refractivity contribution in [2.45, 2.75) is 20.5 Å². The van der Waals surface area contributed by atoms with Crippen molar-refractivity contribution in [2.75, 3.05) is 31.6 Å². The number of halogens is 1. The number of amides is 1. The van der Waals surface area contributed by atoms with E-state index in [4.69, 9.17) is 0 Å². The van der Waals surface area contributed by atoms with Crippen LogP contribution in [-0.4, -0.2) is 42.6 Å². The van der Waals surface area contributed by atoms with Crippen LogP contribution < -0.4 is 4.90 Å². The molecule has 0 atom stereocenters. The SMILES string of the molecule is CCN(CC)C(=O)CN(C)c1ccc(F)cc1CO. The second kappa shape index (κ2) is 7.09. The Morgan fingerprint density at radius 1 is 1.32 bits per heavy atom. The van der Waals surface area contributed by atoms with Gasteiger partial charge in [0.2, 0.25) is 5.91 Å². The van der Waals surface area contributed by atoms with Crippen LogP contribution in [0.2, 0.25) is 0 Å². The van der Waals surface area contributed by atoms with Crippen molar-refractivity contribution in [3.8, 4) is 0 Å². The van der Waals surface area contributed by atoms with Crippen molar-refractivity contribution in [1.82, 2.24) is 4.90 Å². The highest BCUT2D eigenvalue weighted by Crippen LogP contribution is 2.20. The zero-order chi connectivity index (χ0) is 14.4. The quantitative estimate of drug-likeness (QED) is 0.852. The third-order valence-corrected chi connectivity index (χ3v) is 3.11. The molecule has 1 aromatic rings. The summed E-state index contributed by atoms with van der Waals surface area (Å²) in [4.78, 5) is 15.5. The number of carbonyl (C=O) groups excluding carboxylic acids is 1. The average Bonchev–Trinajstić information content (AvgIpc) is 2.39. The summed E-state index contributed by atoms with van der Waals surface area (Å²) in [6, 6.07) is 4.19. The van der Waals surface area contributed by atoms with Gasteiger partial charge in [-0.3, -0.25) is 4.79 Å². The Morgan fingerprint density at radius 3 is 2.47 bits per heavy atom. The summed E-state index contributed by atoms with van der Waals surface area (Å²) in [6.07, 6.45) is 0. The lowest BCUT2D eigenvalue weighted by Crippen LogP contribution is -2.39. The molecular formula is C14H21FN2O2. The highest BCUT2D eigenvalue weighted by atomic mass is 19.1. The molecule has 19 heavy (non-hydrogen) atoms. The number of aliphatic hydroxyl groups excluding tert-OH is 1. The maximum atomic E-state index is 13.1. The highest BCUT2D eigenvalue weighted by Gasteiger charge is 2.15. The number of rotatable bonds is 6. The Bertz CT molecular complexity index is 433. The van der Waals surface area contributed by atoms with E-state index in [9.17, 15) is 14.3 Å². The van der Waals surface area contributed by atoms with E-state index in [1.54, 1.807) is 22.9 Å². The van der Waals surface area contributed by atoms with Crippen LogP contribution in [0.1, 0.15) is 19.4 Å². The van der Waals surface area contributed by atoms with Crippen molar-refractivity contribution < 1.29 is 14.3 Å². The summed E-state index contributed by atoms with van der Waals surface area (Å²) in [5.41, 5.74) is 1.15. The number of aliphatic hydroxyl groups is 1. The Kier molecular flexibility index (Phi) is 5.76. The number of hydrogen-bond donors (Lipinski definition) is 1. The van der Waals surface area contributed by atoms with Crippen molar-refractivity contribution in [1.29, 1.82) is 0 Å². The first-order valence-corrected chi connectivity index (χ1v) is 6.41. The lowest BCUT2D eigenvalue weighted by Gasteiger charge is -2.25. The number of nitrogens with zero attached hydrogens (tertiary/aromatic N) is 2. The number of anilines is 1. The second-order valence-electron chi connectivity index (χ2n) is 4.35. The van der Waals surface area contributed by atoms with Gasteiger partial charge in [0.15, 0.2) is 0 Å². The Hall–Kier alpha value is -1.62. The van der Waals surface area contributed by atoms with Gasteiger partial charge in [0.25, 0.3) is 0 Å². The fourth-order valence-corrected chi connectivity index (χ4v) is 2.02. The normalized spacial score (nSPS) is 10.4. The molecule has 0 radical (unpaired) electrons. The molecule has 0 fully saturated rings. The molecule has 0 bridgehead atoms. The summed E-state index contributed by atoms with van der Waals surface area (Å²) >= 11 is 0. The minimum Gasteiger partial charge on any atom is -0.392 e. The summed E-state index contributed by atoms with van der Waals surface area (Å²) in [5.74, 6) is -0.378. The van der Waals surface area contributed by atoms with Gasteiger partial charge in [-0.05, 0) is 32.0 Å². The number of likely N-dealkylation sites (N-methyl/N-ethyl adjacent to an activating group) is 2. The number of hydrogen-bond acceptors (Lipinski definition) is 3. The molecule has 0 saturated heterocycles. The lowest BCUT2D eigenvalue weighted by molar-refractivity contribution is -0.129. The van der Waals surface area contributed by atoms with Gasteiger partial charge >= 0.3 is 0 Å². The van der Waals surface area contributed by atoms with Crippen LogP contribution in [-0.2, 0) is 11.4 Å². The van der Waals surface area contributed by atoms with Gasteiger partial charge in [-0.1, -0.05) is 0 Å². The molecule has 0 aliphatic carbocycles. The minimum atomic E-state index is -0.392. The van der Waals surface area contributed by atoms with Crippen molar-refractivity contribution in [3.63, 3.8) is 0 Å². The van der Waals surface area contributed by atoms with Crippen LogP contribution in [0.25, 0.3) is 0 Å². The molecule has 1 amide bonds. The van der Waals surface area contributed by atoms with E-state index in [2.05, 4.69) is 0 Å². The van der Waals surface area contributed by atoms with E-state index in [1.165, 1.54) is 12.1 Å². The molecule has 1 N–H and O–H groups in total. The van der Waals surface area contributed by atoms with Crippen LogP contribution in [0.3, 0.4) is 0 Å². The van der Waals surface area contributed by atoms with Crippen LogP contribution in [0.5, 0.6) is 0 Å². The molecule has 0 saturated carbocycles. The van der Waals surface area contributed by atoms with E-state index in [-0.39, 0.29) is 19.1 Å². The Balaban J connectivity index is 2.83. The zero-order valence-electron chi connectivity index (χ0n) is 11.7. The van der Waals surface area contributed by atoms with E-state index < -0.39 is 5.82 Å². The number of carbonyl (C=O) groups is 1. The van der Waals surface area contributed by atoms with E-state index >= 15 is 0 Å². The second-order valence-corrected chi connectivity index (χ2v) is 4.35. The lowest BCUT2D eigenvalue weighted by atomic mass is 10.1. The van der Waals surface area contributed by atoms with E-state index in [1.807, 2.05) is 13.8 Å². The third-order valence-electron chi connectivity index (χ3n) is 3.11. The molecule has 0 aliphatic rings. The Labute approximate surface area is 113 Å². The third kappa shape index (κ3) is 3.92. The summed E-state index contributed by atoms with van der Waals surface area (Å²) in [5, 5.41) is 9.24. The van der Waals surface area contributed by atoms with Crippen LogP contribution in [0.15, 0.2) is 18.2 Å². The summed E-state index contributed by atoms with van der Waals surface area (Å²) in [6.45, 7) is 5.15. The highest BCUT2D eigenvalue weighted by molar-refractivity contribution is 5.81. The predicted molar refractivity (Wildman–Crippen MR) is 73.5 cm³/mol. The van der Waals surface area contributed by atoms with Crippen molar-refractivity contribution >= 4 is 11.6 Å². The number of benzene rings is 1. The average molecular weight is 268 g/mol. The van der Waals surface area contributed by atoms with Gasteiger partial charge < -0.3 is 14.9 Å². The van der Waals surface area contributed by atoms with Crippen LogP contribution >= 0.6 is 0 Å². The van der Waals surface area contributed by atoms with Gasteiger partial charge in [0.05, 0.1) is 13.2 Å². The maximum absolute atomic E-state index is 13.1. The topological polar surface area (TPSA) is 43.8 Å². The van der Waals surface area contributed by atoms with Crippen LogP contribution in [0.4, 0.5) is 10.1 Å². The maximum Gasteiger partial charge on any atom is 0.242 e. The van der Waals surface area contributed by atoms with Gasteiger partial charge in [-0.25, -0.2) is 4.39 Å².